The number of thiophene rings is 1. The van der Waals surface area contributed by atoms with Gasteiger partial charge in [-0.25, -0.2) is 4.79 Å². The van der Waals surface area contributed by atoms with Crippen LogP contribution < -0.4 is 5.32 Å². The third-order valence-corrected chi connectivity index (χ3v) is 7.79. The molecule has 4 amide bonds. The largest absolute Gasteiger partial charge is 0.336 e. The Morgan fingerprint density at radius 1 is 1.19 bits per heavy atom. The van der Waals surface area contributed by atoms with Gasteiger partial charge in [-0.05, 0) is 49.8 Å². The number of nitrogens with zero attached hydrogens (tertiary/aromatic N) is 2. The van der Waals surface area contributed by atoms with Crippen molar-refractivity contribution in [3.8, 4) is 0 Å². The Hall–Kier alpha value is -2.67. The molecule has 1 aromatic heterocycles. The molecule has 1 saturated carbocycles. The van der Waals surface area contributed by atoms with Crippen LogP contribution in [0.4, 0.5) is 4.79 Å². The van der Waals surface area contributed by atoms with Crippen molar-refractivity contribution >= 4 is 29.2 Å². The average Bonchev–Trinajstić information content (AvgIpc) is 3.30. The minimum Gasteiger partial charge on any atom is -0.336 e. The third-order valence-electron chi connectivity index (χ3n) is 6.80. The normalized spacial score (nSPS) is 22.9. The summed E-state index contributed by atoms with van der Waals surface area (Å²) in [6.45, 7) is 4.87. The number of hydrogen-bond acceptors (Lipinski definition) is 4. The molecule has 0 radical (unpaired) electrons. The monoisotopic (exact) mass is 453 g/mol. The van der Waals surface area contributed by atoms with Crippen LogP contribution in [-0.2, 0) is 22.6 Å². The van der Waals surface area contributed by atoms with E-state index in [0.717, 1.165) is 41.0 Å². The molecule has 2 aromatic rings. The Kier molecular flexibility index (Phi) is 6.65. The molecule has 32 heavy (non-hydrogen) atoms. The second kappa shape index (κ2) is 9.45. The lowest BCUT2D eigenvalue weighted by Gasteiger charge is -2.36. The Morgan fingerprint density at radius 3 is 2.66 bits per heavy atom. The van der Waals surface area contributed by atoms with Crippen molar-refractivity contribution in [2.24, 2.45) is 5.92 Å². The van der Waals surface area contributed by atoms with Crippen molar-refractivity contribution in [2.75, 3.05) is 13.1 Å². The van der Waals surface area contributed by atoms with Gasteiger partial charge < -0.3 is 10.2 Å². The van der Waals surface area contributed by atoms with E-state index < -0.39 is 11.6 Å². The van der Waals surface area contributed by atoms with Gasteiger partial charge in [0.25, 0.3) is 5.91 Å². The SMILES string of the molecule is Cc1ccc(CN(CCc2ccccc2)C(=O)CN2C(=O)NC3(CCCCC3C)C2=O)s1. The molecule has 0 bridgehead atoms. The summed E-state index contributed by atoms with van der Waals surface area (Å²) in [5, 5.41) is 2.94. The van der Waals surface area contributed by atoms with Crippen LogP contribution in [0.3, 0.4) is 0 Å². The first-order valence-electron chi connectivity index (χ1n) is 11.4. The average molecular weight is 454 g/mol. The molecule has 2 heterocycles. The number of carbonyl (C=O) groups excluding carboxylic acids is 3. The zero-order chi connectivity index (χ0) is 22.7. The molecule has 1 aliphatic carbocycles. The van der Waals surface area contributed by atoms with Crippen LogP contribution in [0, 0.1) is 12.8 Å². The van der Waals surface area contributed by atoms with E-state index in [9.17, 15) is 14.4 Å². The number of rotatable bonds is 7. The Balaban J connectivity index is 1.48. The molecule has 1 aromatic carbocycles. The van der Waals surface area contributed by atoms with Gasteiger partial charge in [0.2, 0.25) is 5.91 Å². The predicted molar refractivity (Wildman–Crippen MR) is 125 cm³/mol. The van der Waals surface area contributed by atoms with E-state index in [4.69, 9.17) is 0 Å². The number of urea groups is 1. The highest BCUT2D eigenvalue weighted by molar-refractivity contribution is 7.11. The highest BCUT2D eigenvalue weighted by atomic mass is 32.1. The number of imide groups is 1. The van der Waals surface area contributed by atoms with Gasteiger partial charge in [0.05, 0.1) is 6.54 Å². The lowest BCUT2D eigenvalue weighted by molar-refractivity contribution is -0.140. The van der Waals surface area contributed by atoms with Crippen molar-refractivity contribution in [1.82, 2.24) is 15.1 Å². The maximum absolute atomic E-state index is 13.3. The predicted octanol–water partition coefficient (Wildman–Crippen LogP) is 4.13. The quantitative estimate of drug-likeness (QED) is 0.641. The molecule has 2 fully saturated rings. The number of benzene rings is 1. The summed E-state index contributed by atoms with van der Waals surface area (Å²) in [7, 11) is 0. The minimum atomic E-state index is -0.838. The molecule has 2 atom stereocenters. The van der Waals surface area contributed by atoms with Gasteiger partial charge in [-0.3, -0.25) is 14.5 Å². The summed E-state index contributed by atoms with van der Waals surface area (Å²) in [6.07, 6.45) is 4.26. The number of nitrogens with one attached hydrogen (secondary N) is 1. The van der Waals surface area contributed by atoms with Crippen molar-refractivity contribution < 1.29 is 14.4 Å². The maximum Gasteiger partial charge on any atom is 0.325 e. The van der Waals surface area contributed by atoms with Crippen LogP contribution in [0.25, 0.3) is 0 Å². The number of hydrogen-bond donors (Lipinski definition) is 1. The van der Waals surface area contributed by atoms with Gasteiger partial charge in [-0.2, -0.15) is 0 Å². The molecule has 1 spiro atoms. The Labute approximate surface area is 193 Å². The summed E-state index contributed by atoms with van der Waals surface area (Å²) in [5.41, 5.74) is 0.313. The number of carbonyl (C=O) groups is 3. The standard InChI is InChI=1S/C25H31N3O3S/c1-18-8-6-7-14-25(18)23(30)28(24(31)26-25)17-22(29)27(16-21-12-11-19(2)32-21)15-13-20-9-4-3-5-10-20/h3-5,9-12,18H,6-8,13-17H2,1-2H3,(H,26,31). The summed E-state index contributed by atoms with van der Waals surface area (Å²) >= 11 is 1.66. The fraction of sp³-hybridized carbons (Fsp3) is 0.480. The van der Waals surface area contributed by atoms with Gasteiger partial charge >= 0.3 is 6.03 Å². The molecule has 7 heteroatoms. The summed E-state index contributed by atoms with van der Waals surface area (Å²) < 4.78 is 0. The zero-order valence-electron chi connectivity index (χ0n) is 18.8. The van der Waals surface area contributed by atoms with E-state index in [2.05, 4.69) is 5.32 Å². The van der Waals surface area contributed by atoms with Gasteiger partial charge in [-0.1, -0.05) is 50.1 Å². The first-order valence-corrected chi connectivity index (χ1v) is 12.2. The van der Waals surface area contributed by atoms with Crippen LogP contribution in [0.5, 0.6) is 0 Å². The van der Waals surface area contributed by atoms with Gasteiger partial charge in [0.1, 0.15) is 12.1 Å². The second-order valence-electron chi connectivity index (χ2n) is 9.00. The molecule has 170 valence electrons. The lowest BCUT2D eigenvalue weighted by Crippen LogP contribution is -2.54. The Bertz CT molecular complexity index is 989. The topological polar surface area (TPSA) is 69.7 Å². The summed E-state index contributed by atoms with van der Waals surface area (Å²) in [4.78, 5) is 44.5. The molecule has 6 nitrogen and oxygen atoms in total. The van der Waals surface area contributed by atoms with Crippen LogP contribution >= 0.6 is 11.3 Å². The number of amides is 4. The fourth-order valence-electron chi connectivity index (χ4n) is 4.83. The van der Waals surface area contributed by atoms with Gasteiger partial charge in [-0.15, -0.1) is 11.3 Å². The van der Waals surface area contributed by atoms with Crippen molar-refractivity contribution in [2.45, 2.75) is 58.0 Å². The number of aryl methyl sites for hydroxylation is 1. The fourth-order valence-corrected chi connectivity index (χ4v) is 5.74. The third kappa shape index (κ3) is 4.58. The highest BCUT2D eigenvalue weighted by Gasteiger charge is 2.55. The summed E-state index contributed by atoms with van der Waals surface area (Å²) in [6, 6.07) is 13.7. The minimum absolute atomic E-state index is 0.0797. The molecule has 2 unspecified atom stereocenters. The van der Waals surface area contributed by atoms with Crippen molar-refractivity contribution in [3.05, 3.63) is 57.8 Å². The van der Waals surface area contributed by atoms with Crippen LogP contribution in [0.15, 0.2) is 42.5 Å². The lowest BCUT2D eigenvalue weighted by atomic mass is 9.73. The second-order valence-corrected chi connectivity index (χ2v) is 10.4. The summed E-state index contributed by atoms with van der Waals surface area (Å²) in [5.74, 6) is -0.356. The van der Waals surface area contributed by atoms with Gasteiger partial charge in [0, 0.05) is 16.3 Å². The first-order chi connectivity index (χ1) is 15.4. The molecule has 1 saturated heterocycles. The van der Waals surface area contributed by atoms with Crippen LogP contribution in [0.1, 0.15) is 47.9 Å². The van der Waals surface area contributed by atoms with Crippen LogP contribution in [0.2, 0.25) is 0 Å². The van der Waals surface area contributed by atoms with E-state index in [0.29, 0.717) is 19.5 Å². The van der Waals surface area contributed by atoms with Crippen molar-refractivity contribution in [1.29, 1.82) is 0 Å². The smallest absolute Gasteiger partial charge is 0.325 e. The highest BCUT2D eigenvalue weighted by Crippen LogP contribution is 2.38. The van der Waals surface area contributed by atoms with Crippen LogP contribution in [-0.4, -0.2) is 46.3 Å². The van der Waals surface area contributed by atoms with Crippen molar-refractivity contribution in [3.63, 3.8) is 0 Å². The van der Waals surface area contributed by atoms with E-state index >= 15 is 0 Å². The van der Waals surface area contributed by atoms with E-state index in [1.54, 1.807) is 16.2 Å². The molecule has 2 aliphatic rings. The first kappa shape index (κ1) is 22.5. The van der Waals surface area contributed by atoms with E-state index in [-0.39, 0.29) is 24.3 Å². The van der Waals surface area contributed by atoms with Gasteiger partial charge in [0.15, 0.2) is 0 Å². The van der Waals surface area contributed by atoms with E-state index in [1.165, 1.54) is 4.88 Å². The Morgan fingerprint density at radius 2 is 1.97 bits per heavy atom. The molecular weight excluding hydrogens is 422 g/mol. The van der Waals surface area contributed by atoms with E-state index in [1.807, 2.05) is 56.3 Å². The molecule has 1 N–H and O–H groups in total. The zero-order valence-corrected chi connectivity index (χ0v) is 19.6. The molecule has 1 aliphatic heterocycles. The maximum atomic E-state index is 13.3. The molecule has 4 rings (SSSR count). The molecular formula is C25H31N3O3S.